The van der Waals surface area contributed by atoms with Gasteiger partial charge in [-0.1, -0.05) is 29.8 Å². The van der Waals surface area contributed by atoms with Crippen LogP contribution < -0.4 is 5.32 Å². The monoisotopic (exact) mass is 496 g/mol. The van der Waals surface area contributed by atoms with Crippen LogP contribution in [0.1, 0.15) is 17.2 Å². The lowest BCUT2D eigenvalue weighted by Crippen LogP contribution is -2.48. The summed E-state index contributed by atoms with van der Waals surface area (Å²) in [5.41, 5.74) is 2.22. The number of morpholine rings is 1. The summed E-state index contributed by atoms with van der Waals surface area (Å²) in [6.07, 6.45) is 0. The van der Waals surface area contributed by atoms with Crippen molar-refractivity contribution in [3.63, 3.8) is 0 Å². The predicted molar refractivity (Wildman–Crippen MR) is 124 cm³/mol. The van der Waals surface area contributed by atoms with E-state index in [4.69, 9.17) is 4.74 Å². The summed E-state index contributed by atoms with van der Waals surface area (Å²) in [4.78, 5) is 2.20. The molecule has 1 unspecified atom stereocenters. The lowest BCUT2D eigenvalue weighted by molar-refractivity contribution is 0.0158. The molecule has 0 radical (unpaired) electrons. The summed E-state index contributed by atoms with van der Waals surface area (Å²) in [6.45, 7) is 5.11. The SMILES string of the molecule is Cc1ccc(C(CN[C@H]2CS(=O)(=O)C[C@@H]2S(=O)(=O)c2ccc(F)cc2)N2CCOCC2)cc1. The number of nitrogens with zero attached hydrogens (tertiary/aromatic N) is 1. The van der Waals surface area contributed by atoms with Crippen molar-refractivity contribution < 1.29 is 26.0 Å². The lowest BCUT2D eigenvalue weighted by atomic mass is 10.0. The Labute approximate surface area is 194 Å². The van der Waals surface area contributed by atoms with Crippen LogP contribution in [-0.2, 0) is 24.4 Å². The summed E-state index contributed by atoms with van der Waals surface area (Å²) >= 11 is 0. The number of hydrogen-bond donors (Lipinski definition) is 1. The third-order valence-corrected chi connectivity index (χ3v) is 10.5. The minimum absolute atomic E-state index is 0.0491. The van der Waals surface area contributed by atoms with Gasteiger partial charge in [0.05, 0.1) is 34.9 Å². The first-order valence-corrected chi connectivity index (χ1v) is 14.3. The zero-order chi connectivity index (χ0) is 23.6. The molecule has 2 saturated heterocycles. The van der Waals surface area contributed by atoms with Gasteiger partial charge in [-0.25, -0.2) is 21.2 Å². The molecule has 7 nitrogen and oxygen atoms in total. The van der Waals surface area contributed by atoms with Crippen LogP contribution >= 0.6 is 0 Å². The molecule has 2 aromatic carbocycles. The Morgan fingerprint density at radius 3 is 2.33 bits per heavy atom. The number of ether oxygens (including phenoxy) is 1. The van der Waals surface area contributed by atoms with Crippen LogP contribution in [0.4, 0.5) is 4.39 Å². The van der Waals surface area contributed by atoms with Crippen molar-refractivity contribution in [1.29, 1.82) is 0 Å². The van der Waals surface area contributed by atoms with Gasteiger partial charge in [0, 0.05) is 31.7 Å². The number of nitrogens with one attached hydrogen (secondary N) is 1. The Morgan fingerprint density at radius 2 is 1.70 bits per heavy atom. The van der Waals surface area contributed by atoms with E-state index < -0.39 is 42.5 Å². The number of aryl methyl sites for hydroxylation is 1. The number of halogens is 1. The molecule has 2 aromatic rings. The largest absolute Gasteiger partial charge is 0.379 e. The van der Waals surface area contributed by atoms with E-state index in [0.29, 0.717) is 19.8 Å². The normalized spacial score (nSPS) is 24.5. The summed E-state index contributed by atoms with van der Waals surface area (Å²) in [6, 6.07) is 11.9. The molecule has 2 heterocycles. The van der Waals surface area contributed by atoms with E-state index in [1.54, 1.807) is 0 Å². The molecule has 0 aliphatic carbocycles. The van der Waals surface area contributed by atoms with Crippen molar-refractivity contribution in [2.45, 2.75) is 29.2 Å². The zero-order valence-electron chi connectivity index (χ0n) is 18.5. The lowest BCUT2D eigenvalue weighted by Gasteiger charge is -2.36. The zero-order valence-corrected chi connectivity index (χ0v) is 20.1. The van der Waals surface area contributed by atoms with Gasteiger partial charge in [0.1, 0.15) is 5.82 Å². The van der Waals surface area contributed by atoms with Crippen molar-refractivity contribution in [2.24, 2.45) is 0 Å². The van der Waals surface area contributed by atoms with Crippen molar-refractivity contribution >= 4 is 19.7 Å². The fourth-order valence-electron chi connectivity index (χ4n) is 4.51. The first kappa shape index (κ1) is 24.3. The van der Waals surface area contributed by atoms with Gasteiger partial charge in [0.15, 0.2) is 19.7 Å². The Bertz CT molecular complexity index is 1160. The molecule has 2 fully saturated rings. The van der Waals surface area contributed by atoms with Gasteiger partial charge in [0.25, 0.3) is 0 Å². The summed E-state index contributed by atoms with van der Waals surface area (Å²) in [5, 5.41) is 2.14. The maximum Gasteiger partial charge on any atom is 0.183 e. The van der Waals surface area contributed by atoms with Crippen LogP contribution in [-0.4, -0.2) is 77.4 Å². The van der Waals surface area contributed by atoms with E-state index in [0.717, 1.165) is 36.3 Å². The Balaban J connectivity index is 1.57. The van der Waals surface area contributed by atoms with Crippen LogP contribution in [0.5, 0.6) is 0 Å². The van der Waals surface area contributed by atoms with Crippen molar-refractivity contribution in [2.75, 3.05) is 44.4 Å². The molecule has 3 atom stereocenters. The van der Waals surface area contributed by atoms with Gasteiger partial charge in [-0.15, -0.1) is 0 Å². The Kier molecular flexibility index (Phi) is 7.20. The molecule has 1 N–H and O–H groups in total. The van der Waals surface area contributed by atoms with Crippen LogP contribution in [0.25, 0.3) is 0 Å². The predicted octanol–water partition coefficient (Wildman–Crippen LogP) is 1.74. The standard InChI is InChI=1S/C23H29FN2O5S2/c1-17-2-4-18(5-3-17)22(26-10-12-31-13-11-26)14-25-21-15-32(27,28)16-23(21)33(29,30)20-8-6-19(24)7-9-20/h2-9,21-23,25H,10-16H2,1H3/t21-,22?,23-/m0/s1. The summed E-state index contributed by atoms with van der Waals surface area (Å²) in [7, 11) is -7.50. The molecular weight excluding hydrogens is 467 g/mol. The van der Waals surface area contributed by atoms with Gasteiger partial charge < -0.3 is 10.1 Å². The second-order valence-electron chi connectivity index (χ2n) is 8.70. The fraction of sp³-hybridized carbons (Fsp3) is 0.478. The van der Waals surface area contributed by atoms with Gasteiger partial charge in [0.2, 0.25) is 0 Å². The highest BCUT2D eigenvalue weighted by atomic mass is 32.2. The van der Waals surface area contributed by atoms with E-state index >= 15 is 0 Å². The molecule has 0 bridgehead atoms. The van der Waals surface area contributed by atoms with E-state index in [1.165, 1.54) is 12.1 Å². The topological polar surface area (TPSA) is 92.8 Å². The van der Waals surface area contributed by atoms with Crippen molar-refractivity contribution in [3.05, 3.63) is 65.5 Å². The van der Waals surface area contributed by atoms with E-state index in [9.17, 15) is 21.2 Å². The van der Waals surface area contributed by atoms with Gasteiger partial charge in [-0.3, -0.25) is 4.90 Å². The van der Waals surface area contributed by atoms with E-state index in [1.807, 2.05) is 19.1 Å². The van der Waals surface area contributed by atoms with Gasteiger partial charge in [-0.05, 0) is 36.8 Å². The molecular formula is C23H29FN2O5S2. The number of rotatable bonds is 7. The number of sulfone groups is 2. The van der Waals surface area contributed by atoms with Crippen molar-refractivity contribution in [1.82, 2.24) is 10.2 Å². The highest BCUT2D eigenvalue weighted by Crippen LogP contribution is 2.28. The molecule has 0 aromatic heterocycles. The van der Waals surface area contributed by atoms with Crippen LogP contribution in [0.3, 0.4) is 0 Å². The summed E-state index contributed by atoms with van der Waals surface area (Å²) < 4.78 is 70.2. The van der Waals surface area contributed by atoms with Gasteiger partial charge in [-0.2, -0.15) is 0 Å². The van der Waals surface area contributed by atoms with Crippen molar-refractivity contribution in [3.8, 4) is 0 Å². The third kappa shape index (κ3) is 5.63. The molecule has 180 valence electrons. The van der Waals surface area contributed by atoms with Crippen LogP contribution in [0.15, 0.2) is 53.4 Å². The summed E-state index contributed by atoms with van der Waals surface area (Å²) in [5.74, 6) is -1.24. The molecule has 0 saturated carbocycles. The number of benzene rings is 2. The smallest absolute Gasteiger partial charge is 0.183 e. The molecule has 10 heteroatoms. The Morgan fingerprint density at radius 1 is 1.06 bits per heavy atom. The highest BCUT2D eigenvalue weighted by molar-refractivity contribution is 7.96. The first-order valence-electron chi connectivity index (χ1n) is 11.0. The fourth-order valence-corrected chi connectivity index (χ4v) is 9.23. The number of hydrogen-bond acceptors (Lipinski definition) is 7. The van der Waals surface area contributed by atoms with E-state index in [2.05, 4.69) is 22.3 Å². The molecule has 0 amide bonds. The minimum Gasteiger partial charge on any atom is -0.379 e. The molecule has 4 rings (SSSR count). The van der Waals surface area contributed by atoms with Crippen LogP contribution in [0.2, 0.25) is 0 Å². The molecule has 0 spiro atoms. The first-order chi connectivity index (χ1) is 15.7. The maximum atomic E-state index is 13.3. The third-order valence-electron chi connectivity index (χ3n) is 6.36. The average molecular weight is 497 g/mol. The second kappa shape index (κ2) is 9.79. The quantitative estimate of drug-likeness (QED) is 0.584. The minimum atomic E-state index is -3.96. The Hall–Kier alpha value is -1.85. The highest BCUT2D eigenvalue weighted by Gasteiger charge is 2.46. The van der Waals surface area contributed by atoms with Crippen LogP contribution in [0, 0.1) is 12.7 Å². The molecule has 33 heavy (non-hydrogen) atoms. The molecule has 2 aliphatic rings. The van der Waals surface area contributed by atoms with E-state index in [-0.39, 0.29) is 16.7 Å². The second-order valence-corrected chi connectivity index (χ2v) is 13.0. The molecule has 2 aliphatic heterocycles. The van der Waals surface area contributed by atoms with Gasteiger partial charge >= 0.3 is 0 Å². The average Bonchev–Trinajstić information content (AvgIpc) is 3.11. The maximum absolute atomic E-state index is 13.3.